The molecule has 3 aromatic rings. The Balaban J connectivity index is 1.03. The van der Waals surface area contributed by atoms with Gasteiger partial charge in [0.2, 0.25) is 5.91 Å². The molecule has 44 heavy (non-hydrogen) atoms. The van der Waals surface area contributed by atoms with Crippen LogP contribution in [0.1, 0.15) is 53.6 Å². The number of fused-ring (bicyclic) bond motifs is 2. The summed E-state index contributed by atoms with van der Waals surface area (Å²) in [7, 11) is 0. The van der Waals surface area contributed by atoms with E-state index in [-0.39, 0.29) is 22.7 Å². The molecule has 1 saturated carbocycles. The molecule has 0 radical (unpaired) electrons. The highest BCUT2D eigenvalue weighted by atomic mass is 19.1. The molecule has 1 N–H and O–H groups in total. The summed E-state index contributed by atoms with van der Waals surface area (Å²) in [5, 5.41) is 9.43. The third-order valence-corrected chi connectivity index (χ3v) is 10.2. The lowest BCUT2D eigenvalue weighted by Crippen LogP contribution is -2.56. The molecule has 7 rings (SSSR count). The van der Waals surface area contributed by atoms with Crippen molar-refractivity contribution in [3.63, 3.8) is 0 Å². The maximum atomic E-state index is 14.1. The van der Waals surface area contributed by atoms with Gasteiger partial charge in [0.15, 0.2) is 5.78 Å². The summed E-state index contributed by atoms with van der Waals surface area (Å²) in [6, 6.07) is 21.4. The number of anilines is 2. The van der Waals surface area contributed by atoms with E-state index in [9.17, 15) is 23.9 Å². The normalized spacial score (nSPS) is 20.4. The van der Waals surface area contributed by atoms with Crippen LogP contribution >= 0.6 is 0 Å². The minimum Gasteiger partial charge on any atom is -0.478 e. The van der Waals surface area contributed by atoms with Crippen molar-refractivity contribution in [2.24, 2.45) is 0 Å². The topological polar surface area (TPSA) is 84.4 Å². The predicted molar refractivity (Wildman–Crippen MR) is 165 cm³/mol. The first-order chi connectivity index (χ1) is 21.3. The Morgan fingerprint density at radius 2 is 1.61 bits per heavy atom. The van der Waals surface area contributed by atoms with Crippen LogP contribution in [0.2, 0.25) is 0 Å². The van der Waals surface area contributed by atoms with Gasteiger partial charge < -0.3 is 24.7 Å². The minimum atomic E-state index is -1.00. The fourth-order valence-electron chi connectivity index (χ4n) is 7.58. The predicted octanol–water partition coefficient (Wildman–Crippen LogP) is 4.68. The summed E-state index contributed by atoms with van der Waals surface area (Å²) in [5.74, 6) is -0.953. The number of piperidine rings is 1. The number of ketones is 1. The van der Waals surface area contributed by atoms with Crippen molar-refractivity contribution in [1.29, 1.82) is 0 Å². The Kier molecular flexibility index (Phi) is 7.16. The molecule has 0 unspecified atom stereocenters. The number of para-hydroxylation sites is 1. The fourth-order valence-corrected chi connectivity index (χ4v) is 7.58. The van der Waals surface area contributed by atoms with Gasteiger partial charge in [0.05, 0.1) is 24.2 Å². The number of Topliss-reactive ketones (excluding diaryl/α,β-unsaturated/α-hetero) is 1. The lowest BCUT2D eigenvalue weighted by atomic mass is 9.85. The van der Waals surface area contributed by atoms with Crippen LogP contribution in [0, 0.1) is 5.82 Å². The monoisotopic (exact) mass is 596 g/mol. The summed E-state index contributed by atoms with van der Waals surface area (Å²) >= 11 is 0. The van der Waals surface area contributed by atoms with Gasteiger partial charge in [0, 0.05) is 37.6 Å². The van der Waals surface area contributed by atoms with Crippen LogP contribution in [0.5, 0.6) is 0 Å². The molecule has 2 saturated heterocycles. The van der Waals surface area contributed by atoms with Crippen molar-refractivity contribution >= 4 is 29.0 Å². The number of likely N-dealkylation sites (tertiary alicyclic amines) is 1. The molecule has 2 spiro atoms. The van der Waals surface area contributed by atoms with Crippen molar-refractivity contribution < 1.29 is 23.9 Å². The summed E-state index contributed by atoms with van der Waals surface area (Å²) in [6.45, 7) is 4.34. The first-order valence-corrected chi connectivity index (χ1v) is 15.5. The molecule has 0 aromatic heterocycles. The average molecular weight is 597 g/mol. The van der Waals surface area contributed by atoms with E-state index in [0.717, 1.165) is 56.7 Å². The molecule has 3 aromatic carbocycles. The first-order valence-electron chi connectivity index (χ1n) is 15.5. The SMILES string of the molecule is O=C(O)c1cccc(CN2CN(c3ccc(F)cc3)C3(CCN(CCCN4CC(=O)C5(CC5)c5ccccc54)CC3)C2=O)c1. The van der Waals surface area contributed by atoms with Crippen LogP contribution in [0.4, 0.5) is 15.8 Å². The van der Waals surface area contributed by atoms with Gasteiger partial charge in [-0.15, -0.1) is 0 Å². The van der Waals surface area contributed by atoms with Crippen LogP contribution in [0.15, 0.2) is 72.8 Å². The molecule has 8 nitrogen and oxygen atoms in total. The van der Waals surface area contributed by atoms with E-state index in [1.807, 2.05) is 12.1 Å². The number of carboxylic acid groups (broad SMARTS) is 1. The third-order valence-electron chi connectivity index (χ3n) is 10.2. The molecule has 9 heteroatoms. The van der Waals surface area contributed by atoms with E-state index >= 15 is 0 Å². The van der Waals surface area contributed by atoms with Crippen molar-refractivity contribution in [2.45, 2.75) is 49.6 Å². The van der Waals surface area contributed by atoms with Gasteiger partial charge in [0.25, 0.3) is 0 Å². The van der Waals surface area contributed by atoms with Gasteiger partial charge in [-0.3, -0.25) is 9.59 Å². The number of hydrogen-bond donors (Lipinski definition) is 1. The van der Waals surface area contributed by atoms with Gasteiger partial charge in [-0.1, -0.05) is 30.3 Å². The Labute approximate surface area is 256 Å². The zero-order chi connectivity index (χ0) is 30.5. The molecular weight excluding hydrogens is 559 g/mol. The molecule has 0 atom stereocenters. The van der Waals surface area contributed by atoms with Crippen molar-refractivity contribution in [3.8, 4) is 0 Å². The number of aromatic carboxylic acids is 1. The second-order valence-electron chi connectivity index (χ2n) is 12.7. The van der Waals surface area contributed by atoms with Crippen LogP contribution in [-0.4, -0.2) is 77.5 Å². The quantitative estimate of drug-likeness (QED) is 0.405. The van der Waals surface area contributed by atoms with E-state index in [0.29, 0.717) is 38.4 Å². The Morgan fingerprint density at radius 1 is 0.864 bits per heavy atom. The van der Waals surface area contributed by atoms with Gasteiger partial charge in [-0.2, -0.15) is 0 Å². The number of nitrogens with zero attached hydrogens (tertiary/aromatic N) is 4. The van der Waals surface area contributed by atoms with Gasteiger partial charge >= 0.3 is 5.97 Å². The second-order valence-corrected chi connectivity index (χ2v) is 12.7. The molecule has 3 heterocycles. The average Bonchev–Trinajstić information content (AvgIpc) is 3.80. The van der Waals surface area contributed by atoms with Crippen LogP contribution in [-0.2, 0) is 21.5 Å². The number of amides is 1. The first kappa shape index (κ1) is 28.5. The number of hydrogen-bond acceptors (Lipinski definition) is 6. The highest BCUT2D eigenvalue weighted by Gasteiger charge is 2.55. The number of carbonyl (C=O) groups is 3. The van der Waals surface area contributed by atoms with Gasteiger partial charge in [0.1, 0.15) is 11.4 Å². The van der Waals surface area contributed by atoms with E-state index in [1.54, 1.807) is 35.2 Å². The van der Waals surface area contributed by atoms with Gasteiger partial charge in [-0.05, 0) is 92.2 Å². The number of carboxylic acids is 1. The van der Waals surface area contributed by atoms with Crippen molar-refractivity contribution in [2.75, 3.05) is 49.2 Å². The fraction of sp³-hybridized carbons (Fsp3) is 0.400. The highest BCUT2D eigenvalue weighted by Crippen LogP contribution is 2.54. The molecule has 3 aliphatic heterocycles. The number of halogens is 1. The summed E-state index contributed by atoms with van der Waals surface area (Å²) in [5.41, 5.74) is 3.17. The smallest absolute Gasteiger partial charge is 0.335 e. The van der Waals surface area contributed by atoms with Crippen molar-refractivity contribution in [1.82, 2.24) is 9.80 Å². The maximum Gasteiger partial charge on any atom is 0.335 e. The maximum absolute atomic E-state index is 14.1. The van der Waals surface area contributed by atoms with Crippen molar-refractivity contribution in [3.05, 3.63) is 95.3 Å². The van der Waals surface area contributed by atoms with E-state index in [1.165, 1.54) is 23.4 Å². The highest BCUT2D eigenvalue weighted by molar-refractivity contribution is 6.00. The van der Waals surface area contributed by atoms with Crippen LogP contribution in [0.25, 0.3) is 0 Å². The van der Waals surface area contributed by atoms with E-state index in [2.05, 4.69) is 32.9 Å². The number of rotatable bonds is 8. The standard InChI is InChI=1S/C35H37FN4O4/c36-27-9-11-28(12-10-27)40-24-39(22-25-5-3-6-26(21-25)32(42)43)33(44)35(40)15-19-37(20-16-35)17-4-18-38-23-31(41)34(13-14-34)29-7-1-2-8-30(29)38/h1-3,5-12,21H,4,13-20,22-24H2,(H,42,43). The largest absolute Gasteiger partial charge is 0.478 e. The molecule has 3 fully saturated rings. The molecule has 1 amide bonds. The van der Waals surface area contributed by atoms with Gasteiger partial charge in [-0.25, -0.2) is 9.18 Å². The molecule has 1 aliphatic carbocycles. The lowest BCUT2D eigenvalue weighted by Gasteiger charge is -2.43. The van der Waals surface area contributed by atoms with E-state index in [4.69, 9.17) is 0 Å². The van der Waals surface area contributed by atoms with Crippen LogP contribution < -0.4 is 9.80 Å². The number of benzene rings is 3. The number of carbonyl (C=O) groups excluding carboxylic acids is 2. The minimum absolute atomic E-state index is 0.0274. The zero-order valence-electron chi connectivity index (χ0n) is 24.8. The zero-order valence-corrected chi connectivity index (χ0v) is 24.8. The Bertz CT molecular complexity index is 1600. The Morgan fingerprint density at radius 3 is 2.34 bits per heavy atom. The summed E-state index contributed by atoms with van der Waals surface area (Å²) < 4.78 is 13.8. The molecule has 0 bridgehead atoms. The lowest BCUT2D eigenvalue weighted by molar-refractivity contribution is -0.134. The second kappa shape index (κ2) is 11.0. The third kappa shape index (κ3) is 4.93. The van der Waals surface area contributed by atoms with E-state index < -0.39 is 11.5 Å². The molecule has 4 aliphatic rings. The Hall–Kier alpha value is -4.24. The summed E-state index contributed by atoms with van der Waals surface area (Å²) in [6.07, 6.45) is 4.13. The summed E-state index contributed by atoms with van der Waals surface area (Å²) in [4.78, 5) is 47.2. The molecular formula is C35H37FN4O4. The van der Waals surface area contributed by atoms with Crippen LogP contribution in [0.3, 0.4) is 0 Å². The molecule has 228 valence electrons.